The zero-order chi connectivity index (χ0) is 6.91. The minimum absolute atomic E-state index is 0. The summed E-state index contributed by atoms with van der Waals surface area (Å²) >= 11 is 0. The number of aliphatic hydroxyl groups is 1. The van der Waals surface area contributed by atoms with Crippen molar-refractivity contribution in [3.8, 4) is 0 Å². The monoisotopic (exact) mass is 165 g/mol. The maximum absolute atomic E-state index is 8.81. The van der Waals surface area contributed by atoms with Crippen LogP contribution in [0.15, 0.2) is 0 Å². The maximum Gasteiger partial charge on any atom is 0.0607 e. The van der Waals surface area contributed by atoms with Gasteiger partial charge < -0.3 is 10.4 Å². The summed E-state index contributed by atoms with van der Waals surface area (Å²) < 4.78 is 0. The van der Waals surface area contributed by atoms with Gasteiger partial charge in [0.15, 0.2) is 0 Å². The van der Waals surface area contributed by atoms with Crippen LogP contribution in [0.25, 0.3) is 0 Å². The number of hydrogen-bond donors (Lipinski definition) is 2. The van der Waals surface area contributed by atoms with E-state index in [4.69, 9.17) is 5.11 Å². The Morgan fingerprint density at radius 2 is 2.00 bits per heavy atom. The van der Waals surface area contributed by atoms with Gasteiger partial charge in [0.05, 0.1) is 6.61 Å². The number of aliphatic hydroxyl groups excluding tert-OH is 1. The average Bonchev–Trinajstić information content (AvgIpc) is 2.50. The summed E-state index contributed by atoms with van der Waals surface area (Å²) in [6.45, 7) is 4.26. The van der Waals surface area contributed by atoms with Crippen LogP contribution < -0.4 is 5.32 Å². The Balaban J connectivity index is 0.000000810. The highest BCUT2D eigenvalue weighted by atomic mass is 35.5. The minimum atomic E-state index is -0.0683. The van der Waals surface area contributed by atoms with E-state index in [0.29, 0.717) is 6.04 Å². The second kappa shape index (κ2) is 3.56. The first-order valence-corrected chi connectivity index (χ1v) is 3.52. The lowest BCUT2D eigenvalue weighted by atomic mass is 10.1. The van der Waals surface area contributed by atoms with Crippen LogP contribution in [0.1, 0.15) is 26.7 Å². The SMILES string of the molecule is CC(C)(CO)NC1CC1.Cl. The molecule has 1 rings (SSSR count). The van der Waals surface area contributed by atoms with Gasteiger partial charge in [0, 0.05) is 11.6 Å². The van der Waals surface area contributed by atoms with Crippen LogP contribution in [0.5, 0.6) is 0 Å². The van der Waals surface area contributed by atoms with Crippen molar-refractivity contribution < 1.29 is 5.11 Å². The van der Waals surface area contributed by atoms with Gasteiger partial charge in [-0.1, -0.05) is 0 Å². The number of rotatable bonds is 3. The molecule has 10 heavy (non-hydrogen) atoms. The summed E-state index contributed by atoms with van der Waals surface area (Å²) in [4.78, 5) is 0. The molecule has 2 nitrogen and oxygen atoms in total. The maximum atomic E-state index is 8.81. The number of halogens is 1. The average molecular weight is 166 g/mol. The zero-order valence-electron chi connectivity index (χ0n) is 6.55. The smallest absolute Gasteiger partial charge is 0.0607 e. The molecule has 1 aliphatic rings. The van der Waals surface area contributed by atoms with Crippen LogP contribution in [0.3, 0.4) is 0 Å². The van der Waals surface area contributed by atoms with Crippen molar-refractivity contribution in [1.82, 2.24) is 5.32 Å². The van der Waals surface area contributed by atoms with Crippen LogP contribution >= 0.6 is 12.4 Å². The molecule has 0 amide bonds. The van der Waals surface area contributed by atoms with E-state index in [1.54, 1.807) is 0 Å². The van der Waals surface area contributed by atoms with Crippen molar-refractivity contribution >= 4 is 12.4 Å². The molecule has 3 heteroatoms. The molecule has 1 aliphatic carbocycles. The molecular formula is C7H16ClNO. The topological polar surface area (TPSA) is 32.3 Å². The van der Waals surface area contributed by atoms with Gasteiger partial charge in [-0.3, -0.25) is 0 Å². The molecule has 0 aromatic carbocycles. The lowest BCUT2D eigenvalue weighted by Crippen LogP contribution is -2.43. The van der Waals surface area contributed by atoms with Crippen molar-refractivity contribution in [3.05, 3.63) is 0 Å². The van der Waals surface area contributed by atoms with Crippen molar-refractivity contribution in [2.75, 3.05) is 6.61 Å². The third kappa shape index (κ3) is 3.40. The lowest BCUT2D eigenvalue weighted by Gasteiger charge is -2.22. The van der Waals surface area contributed by atoms with Crippen LogP contribution in [-0.2, 0) is 0 Å². The lowest BCUT2D eigenvalue weighted by molar-refractivity contribution is 0.187. The molecule has 1 fully saturated rings. The first kappa shape index (κ1) is 10.2. The highest BCUT2D eigenvalue weighted by Crippen LogP contribution is 2.21. The fourth-order valence-corrected chi connectivity index (χ4v) is 0.826. The number of hydrogen-bond acceptors (Lipinski definition) is 2. The standard InChI is InChI=1S/C7H15NO.ClH/c1-7(2,5-9)8-6-3-4-6;/h6,8-9H,3-5H2,1-2H3;1H. The zero-order valence-corrected chi connectivity index (χ0v) is 7.37. The van der Waals surface area contributed by atoms with Gasteiger partial charge in [0.2, 0.25) is 0 Å². The van der Waals surface area contributed by atoms with Gasteiger partial charge >= 0.3 is 0 Å². The molecular weight excluding hydrogens is 150 g/mol. The van der Waals surface area contributed by atoms with Gasteiger partial charge in [0.1, 0.15) is 0 Å². The molecule has 62 valence electrons. The Morgan fingerprint density at radius 3 is 2.30 bits per heavy atom. The molecule has 2 N–H and O–H groups in total. The molecule has 0 aliphatic heterocycles. The second-order valence-electron chi connectivity index (χ2n) is 3.46. The molecule has 0 spiro atoms. The fraction of sp³-hybridized carbons (Fsp3) is 1.00. The van der Waals surface area contributed by atoms with E-state index in [0.717, 1.165) is 0 Å². The Hall–Kier alpha value is 0.210. The molecule has 0 aromatic heterocycles. The van der Waals surface area contributed by atoms with Gasteiger partial charge in [-0.05, 0) is 26.7 Å². The highest BCUT2D eigenvalue weighted by molar-refractivity contribution is 5.85. The van der Waals surface area contributed by atoms with Crippen molar-refractivity contribution in [3.63, 3.8) is 0 Å². The molecule has 0 heterocycles. The molecule has 0 unspecified atom stereocenters. The van der Waals surface area contributed by atoms with Gasteiger partial charge in [-0.25, -0.2) is 0 Å². The Morgan fingerprint density at radius 1 is 1.50 bits per heavy atom. The second-order valence-corrected chi connectivity index (χ2v) is 3.46. The predicted molar refractivity (Wildman–Crippen MR) is 44.6 cm³/mol. The van der Waals surface area contributed by atoms with Gasteiger partial charge in [-0.15, -0.1) is 12.4 Å². The van der Waals surface area contributed by atoms with Crippen LogP contribution in [0, 0.1) is 0 Å². The van der Waals surface area contributed by atoms with E-state index < -0.39 is 0 Å². The molecule has 0 atom stereocenters. The summed E-state index contributed by atoms with van der Waals surface area (Å²) in [5.41, 5.74) is -0.0683. The Bertz CT molecular complexity index is 102. The molecule has 0 radical (unpaired) electrons. The van der Waals surface area contributed by atoms with E-state index in [2.05, 4.69) is 5.32 Å². The molecule has 1 saturated carbocycles. The molecule has 0 saturated heterocycles. The van der Waals surface area contributed by atoms with E-state index in [9.17, 15) is 0 Å². The van der Waals surface area contributed by atoms with Crippen LogP contribution in [0.2, 0.25) is 0 Å². The summed E-state index contributed by atoms with van der Waals surface area (Å²) in [7, 11) is 0. The van der Waals surface area contributed by atoms with Gasteiger partial charge in [-0.2, -0.15) is 0 Å². The van der Waals surface area contributed by atoms with Gasteiger partial charge in [0.25, 0.3) is 0 Å². The minimum Gasteiger partial charge on any atom is -0.394 e. The Labute approximate surface area is 68.4 Å². The van der Waals surface area contributed by atoms with E-state index in [1.165, 1.54) is 12.8 Å². The quantitative estimate of drug-likeness (QED) is 0.652. The van der Waals surface area contributed by atoms with Crippen LogP contribution in [0.4, 0.5) is 0 Å². The summed E-state index contributed by atoms with van der Waals surface area (Å²) in [5.74, 6) is 0. The summed E-state index contributed by atoms with van der Waals surface area (Å²) in [5, 5.41) is 12.1. The third-order valence-corrected chi connectivity index (χ3v) is 1.57. The van der Waals surface area contributed by atoms with Crippen molar-refractivity contribution in [2.45, 2.75) is 38.3 Å². The number of nitrogens with one attached hydrogen (secondary N) is 1. The van der Waals surface area contributed by atoms with Crippen molar-refractivity contribution in [1.29, 1.82) is 0 Å². The predicted octanol–water partition coefficient (Wildman–Crippen LogP) is 0.931. The third-order valence-electron chi connectivity index (χ3n) is 1.57. The summed E-state index contributed by atoms with van der Waals surface area (Å²) in [6, 6.07) is 0.687. The first-order valence-electron chi connectivity index (χ1n) is 3.52. The fourth-order valence-electron chi connectivity index (χ4n) is 0.826. The van der Waals surface area contributed by atoms with Crippen molar-refractivity contribution in [2.24, 2.45) is 0 Å². The van der Waals surface area contributed by atoms with E-state index in [-0.39, 0.29) is 24.6 Å². The van der Waals surface area contributed by atoms with Crippen LogP contribution in [-0.4, -0.2) is 23.3 Å². The van der Waals surface area contributed by atoms with E-state index >= 15 is 0 Å². The molecule has 0 bridgehead atoms. The van der Waals surface area contributed by atoms with E-state index in [1.807, 2.05) is 13.8 Å². The first-order chi connectivity index (χ1) is 4.14. The highest BCUT2D eigenvalue weighted by Gasteiger charge is 2.27. The summed E-state index contributed by atoms with van der Waals surface area (Å²) in [6.07, 6.45) is 2.56. The molecule has 0 aromatic rings. The normalized spacial score (nSPS) is 18.3. The Kier molecular flexibility index (Phi) is 3.63. The largest absolute Gasteiger partial charge is 0.394 e.